The maximum absolute atomic E-state index is 12.2. The fourth-order valence-electron chi connectivity index (χ4n) is 2.64. The van der Waals surface area contributed by atoms with Gasteiger partial charge in [0.1, 0.15) is 5.82 Å². The van der Waals surface area contributed by atoms with Gasteiger partial charge in [0.15, 0.2) is 0 Å². The zero-order chi connectivity index (χ0) is 18.2. The van der Waals surface area contributed by atoms with Crippen LogP contribution in [0.2, 0.25) is 0 Å². The van der Waals surface area contributed by atoms with Crippen LogP contribution in [0, 0.1) is 6.92 Å². The highest BCUT2D eigenvalue weighted by Crippen LogP contribution is 2.37. The average Bonchev–Trinajstić information content (AvgIpc) is 3.28. The molecule has 2 aromatic rings. The molecule has 0 spiro atoms. The SMILES string of the molecule is Cc1nn(C(C)(C)C)cc1C(C)NC(=O)Nc1cnc(C2CC2)nc1. The molecule has 7 heteroatoms. The van der Waals surface area contributed by atoms with E-state index in [2.05, 4.69) is 46.5 Å². The fourth-order valence-corrected chi connectivity index (χ4v) is 2.64. The Labute approximate surface area is 148 Å². The van der Waals surface area contributed by atoms with Crippen LogP contribution in [0.25, 0.3) is 0 Å². The van der Waals surface area contributed by atoms with E-state index in [-0.39, 0.29) is 17.6 Å². The number of carbonyl (C=O) groups excluding carboxylic acids is 1. The number of urea groups is 1. The molecule has 2 amide bonds. The molecular weight excluding hydrogens is 316 g/mol. The van der Waals surface area contributed by atoms with Gasteiger partial charge in [-0.2, -0.15) is 5.10 Å². The first-order valence-electron chi connectivity index (χ1n) is 8.70. The van der Waals surface area contributed by atoms with Crippen molar-refractivity contribution in [1.82, 2.24) is 25.1 Å². The van der Waals surface area contributed by atoms with Crippen molar-refractivity contribution in [2.75, 3.05) is 5.32 Å². The van der Waals surface area contributed by atoms with Crippen LogP contribution in [0.4, 0.5) is 10.5 Å². The van der Waals surface area contributed by atoms with E-state index in [9.17, 15) is 4.79 Å². The van der Waals surface area contributed by atoms with Gasteiger partial charge >= 0.3 is 6.03 Å². The van der Waals surface area contributed by atoms with Gasteiger partial charge in [0.05, 0.1) is 35.4 Å². The lowest BCUT2D eigenvalue weighted by molar-refractivity contribution is 0.249. The van der Waals surface area contributed by atoms with Crippen LogP contribution < -0.4 is 10.6 Å². The predicted molar refractivity (Wildman–Crippen MR) is 96.5 cm³/mol. The van der Waals surface area contributed by atoms with Crippen molar-refractivity contribution in [2.45, 2.75) is 65.0 Å². The second kappa shape index (κ2) is 6.46. The van der Waals surface area contributed by atoms with Gasteiger partial charge in [-0.1, -0.05) is 0 Å². The molecule has 0 aromatic carbocycles. The number of hydrogen-bond donors (Lipinski definition) is 2. The third kappa shape index (κ3) is 4.15. The van der Waals surface area contributed by atoms with Crippen LogP contribution in [0.1, 0.15) is 69.6 Å². The number of hydrogen-bond acceptors (Lipinski definition) is 4. The van der Waals surface area contributed by atoms with Gasteiger partial charge in [0.25, 0.3) is 0 Å². The normalized spacial score (nSPS) is 15.7. The molecule has 0 aliphatic heterocycles. The second-order valence-corrected chi connectivity index (χ2v) is 7.71. The summed E-state index contributed by atoms with van der Waals surface area (Å²) in [5.74, 6) is 1.37. The minimum Gasteiger partial charge on any atom is -0.331 e. The predicted octanol–water partition coefficient (Wildman–Crippen LogP) is 3.50. The number of amides is 2. The monoisotopic (exact) mass is 342 g/mol. The Kier molecular flexibility index (Phi) is 4.49. The van der Waals surface area contributed by atoms with Crippen LogP contribution in [0.3, 0.4) is 0 Å². The van der Waals surface area contributed by atoms with Gasteiger partial charge in [-0.15, -0.1) is 0 Å². The third-order valence-corrected chi connectivity index (χ3v) is 4.31. The van der Waals surface area contributed by atoms with Crippen molar-refractivity contribution in [3.05, 3.63) is 35.7 Å². The Bertz CT molecular complexity index is 755. The average molecular weight is 342 g/mol. The van der Waals surface area contributed by atoms with Crippen molar-refractivity contribution in [3.8, 4) is 0 Å². The summed E-state index contributed by atoms with van der Waals surface area (Å²) in [5.41, 5.74) is 2.42. The zero-order valence-corrected chi connectivity index (χ0v) is 15.5. The van der Waals surface area contributed by atoms with Crippen LogP contribution in [0.5, 0.6) is 0 Å². The molecule has 2 heterocycles. The molecule has 1 fully saturated rings. The lowest BCUT2D eigenvalue weighted by atomic mass is 10.1. The summed E-state index contributed by atoms with van der Waals surface area (Å²) in [4.78, 5) is 20.9. The minimum absolute atomic E-state index is 0.0916. The van der Waals surface area contributed by atoms with E-state index in [0.29, 0.717) is 11.6 Å². The van der Waals surface area contributed by atoms with E-state index in [0.717, 1.165) is 29.9 Å². The van der Waals surface area contributed by atoms with Crippen LogP contribution in [0.15, 0.2) is 18.6 Å². The topological polar surface area (TPSA) is 84.7 Å². The summed E-state index contributed by atoms with van der Waals surface area (Å²) in [5, 5.41) is 10.3. The number of carbonyl (C=O) groups is 1. The van der Waals surface area contributed by atoms with Crippen molar-refractivity contribution in [3.63, 3.8) is 0 Å². The van der Waals surface area contributed by atoms with Crippen LogP contribution in [-0.2, 0) is 5.54 Å². The van der Waals surface area contributed by atoms with E-state index in [1.807, 2.05) is 24.7 Å². The first-order chi connectivity index (χ1) is 11.7. The minimum atomic E-state index is -0.279. The van der Waals surface area contributed by atoms with Gasteiger partial charge in [-0.05, 0) is 47.5 Å². The molecule has 2 aromatic heterocycles. The standard InChI is InChI=1S/C18H26N6O/c1-11(15-10-24(18(3,4)5)23-12(15)2)21-17(25)22-14-8-19-16(20-9-14)13-6-7-13/h8-11,13H,6-7H2,1-5H3,(H2,21,22,25). The molecule has 1 aliphatic rings. The second-order valence-electron chi connectivity index (χ2n) is 7.71. The maximum Gasteiger partial charge on any atom is 0.319 e. The van der Waals surface area contributed by atoms with Crippen LogP contribution >= 0.6 is 0 Å². The molecule has 1 atom stereocenters. The van der Waals surface area contributed by atoms with Gasteiger partial charge in [0.2, 0.25) is 0 Å². The first-order valence-corrected chi connectivity index (χ1v) is 8.70. The third-order valence-electron chi connectivity index (χ3n) is 4.31. The van der Waals surface area contributed by atoms with E-state index in [1.165, 1.54) is 0 Å². The number of nitrogens with zero attached hydrogens (tertiary/aromatic N) is 4. The number of nitrogens with one attached hydrogen (secondary N) is 2. The van der Waals surface area contributed by atoms with Crippen LogP contribution in [-0.4, -0.2) is 25.8 Å². The van der Waals surface area contributed by atoms with E-state index < -0.39 is 0 Å². The van der Waals surface area contributed by atoms with E-state index in [4.69, 9.17) is 0 Å². The zero-order valence-electron chi connectivity index (χ0n) is 15.5. The molecular formula is C18H26N6O. The van der Waals surface area contributed by atoms with E-state index >= 15 is 0 Å². The molecule has 0 bridgehead atoms. The first kappa shape index (κ1) is 17.4. The van der Waals surface area contributed by atoms with Crippen molar-refractivity contribution in [1.29, 1.82) is 0 Å². The van der Waals surface area contributed by atoms with Crippen molar-refractivity contribution < 1.29 is 4.79 Å². The summed E-state index contributed by atoms with van der Waals surface area (Å²) < 4.78 is 1.93. The molecule has 0 radical (unpaired) electrons. The molecule has 0 saturated heterocycles. The Hall–Kier alpha value is -2.44. The number of rotatable bonds is 4. The Morgan fingerprint density at radius 1 is 1.28 bits per heavy atom. The lowest BCUT2D eigenvalue weighted by Crippen LogP contribution is -2.31. The smallest absolute Gasteiger partial charge is 0.319 e. The van der Waals surface area contributed by atoms with Gasteiger partial charge in [-0.25, -0.2) is 14.8 Å². The molecule has 134 valence electrons. The molecule has 25 heavy (non-hydrogen) atoms. The van der Waals surface area contributed by atoms with Gasteiger partial charge < -0.3 is 10.6 Å². The fraction of sp³-hybridized carbons (Fsp3) is 0.556. The highest BCUT2D eigenvalue weighted by molar-refractivity contribution is 5.89. The van der Waals surface area contributed by atoms with E-state index in [1.54, 1.807) is 12.4 Å². The lowest BCUT2D eigenvalue weighted by Gasteiger charge is -2.19. The van der Waals surface area contributed by atoms with Crippen molar-refractivity contribution >= 4 is 11.7 Å². The molecule has 1 saturated carbocycles. The molecule has 1 unspecified atom stereocenters. The number of anilines is 1. The highest BCUT2D eigenvalue weighted by atomic mass is 16.2. The largest absolute Gasteiger partial charge is 0.331 e. The van der Waals surface area contributed by atoms with Gasteiger partial charge in [-0.3, -0.25) is 4.68 Å². The summed E-state index contributed by atoms with van der Waals surface area (Å²) in [7, 11) is 0. The molecule has 3 rings (SSSR count). The summed E-state index contributed by atoms with van der Waals surface area (Å²) in [6.45, 7) is 10.2. The Balaban J connectivity index is 1.61. The summed E-state index contributed by atoms with van der Waals surface area (Å²) >= 11 is 0. The number of aryl methyl sites for hydroxylation is 1. The Morgan fingerprint density at radius 2 is 1.92 bits per heavy atom. The number of aromatic nitrogens is 4. The highest BCUT2D eigenvalue weighted by Gasteiger charge is 2.26. The molecule has 7 nitrogen and oxygen atoms in total. The Morgan fingerprint density at radius 3 is 2.44 bits per heavy atom. The molecule has 2 N–H and O–H groups in total. The van der Waals surface area contributed by atoms with Crippen molar-refractivity contribution in [2.24, 2.45) is 0 Å². The summed E-state index contributed by atoms with van der Waals surface area (Å²) in [6.07, 6.45) is 7.63. The summed E-state index contributed by atoms with van der Waals surface area (Å²) in [6, 6.07) is -0.430. The quantitative estimate of drug-likeness (QED) is 0.890. The maximum atomic E-state index is 12.2. The molecule has 1 aliphatic carbocycles. The van der Waals surface area contributed by atoms with Gasteiger partial charge in [0, 0.05) is 17.7 Å².